The number of benzene rings is 2. The summed E-state index contributed by atoms with van der Waals surface area (Å²) in [5, 5.41) is 0.464. The third-order valence-electron chi connectivity index (χ3n) is 4.56. The summed E-state index contributed by atoms with van der Waals surface area (Å²) in [6.07, 6.45) is 0. The molecule has 4 rings (SSSR count). The Labute approximate surface area is 161 Å². The number of rotatable bonds is 6. The third-order valence-corrected chi connectivity index (χ3v) is 4.56. The van der Waals surface area contributed by atoms with Crippen molar-refractivity contribution >= 4 is 16.8 Å². The lowest BCUT2D eigenvalue weighted by molar-refractivity contribution is -0.118. The molecule has 8 nitrogen and oxygen atoms in total. The maximum absolute atomic E-state index is 12.8. The molecule has 2 N–H and O–H groups in total. The van der Waals surface area contributed by atoms with Crippen LogP contribution < -0.4 is 20.8 Å². The van der Waals surface area contributed by atoms with Crippen LogP contribution in [0.1, 0.15) is 11.4 Å². The molecule has 0 radical (unpaired) electrons. The van der Waals surface area contributed by atoms with Crippen LogP contribution in [0.4, 0.5) is 0 Å². The summed E-state index contributed by atoms with van der Waals surface area (Å²) in [5.74, 6) is 1.36. The van der Waals surface area contributed by atoms with E-state index in [4.69, 9.17) is 15.2 Å². The number of amides is 1. The van der Waals surface area contributed by atoms with Crippen LogP contribution in [0.25, 0.3) is 10.9 Å². The van der Waals surface area contributed by atoms with Gasteiger partial charge in [-0.3, -0.25) is 19.1 Å². The number of fused-ring (bicyclic) bond motifs is 2. The lowest BCUT2D eigenvalue weighted by Gasteiger charge is -2.19. The van der Waals surface area contributed by atoms with Crippen molar-refractivity contribution in [3.05, 3.63) is 64.2 Å². The van der Waals surface area contributed by atoms with Crippen molar-refractivity contribution in [1.82, 2.24) is 14.5 Å². The maximum atomic E-state index is 12.8. The van der Waals surface area contributed by atoms with Crippen LogP contribution in [0.15, 0.2) is 47.3 Å². The van der Waals surface area contributed by atoms with Crippen LogP contribution in [0.3, 0.4) is 0 Å². The fourth-order valence-corrected chi connectivity index (χ4v) is 3.30. The standard InChI is InChI=1S/C20H20N4O4/c1-23(9-13-6-7-16-17(8-13)28-12-27-16)11-19-22-15-5-3-2-4-14(15)20(26)24(19)10-18(21)25/h2-8H,9-12H2,1H3,(H2,21,25). The summed E-state index contributed by atoms with van der Waals surface area (Å²) in [7, 11) is 1.92. The van der Waals surface area contributed by atoms with Gasteiger partial charge in [-0.2, -0.15) is 0 Å². The number of carbonyl (C=O) groups excluding carboxylic acids is 1. The van der Waals surface area contributed by atoms with Crippen molar-refractivity contribution in [3.8, 4) is 11.5 Å². The Hall–Kier alpha value is -3.39. The van der Waals surface area contributed by atoms with E-state index in [-0.39, 0.29) is 18.9 Å². The first-order chi connectivity index (χ1) is 13.5. The van der Waals surface area contributed by atoms with Crippen LogP contribution in [0, 0.1) is 0 Å². The second-order valence-electron chi connectivity index (χ2n) is 6.76. The second-order valence-corrected chi connectivity index (χ2v) is 6.76. The van der Waals surface area contributed by atoms with E-state index < -0.39 is 5.91 Å². The van der Waals surface area contributed by atoms with Gasteiger partial charge in [0.15, 0.2) is 11.5 Å². The van der Waals surface area contributed by atoms with E-state index in [1.807, 2.05) is 36.2 Å². The Morgan fingerprint density at radius 3 is 2.79 bits per heavy atom. The predicted octanol–water partition coefficient (Wildman–Crippen LogP) is 1.24. The van der Waals surface area contributed by atoms with E-state index in [0.717, 1.165) is 17.1 Å². The highest BCUT2D eigenvalue weighted by molar-refractivity contribution is 5.78. The monoisotopic (exact) mass is 380 g/mol. The topological polar surface area (TPSA) is 99.7 Å². The van der Waals surface area contributed by atoms with Crippen molar-refractivity contribution in [1.29, 1.82) is 0 Å². The Morgan fingerprint density at radius 1 is 1.18 bits per heavy atom. The molecule has 0 fully saturated rings. The first-order valence-electron chi connectivity index (χ1n) is 8.85. The number of carbonyl (C=O) groups is 1. The van der Waals surface area contributed by atoms with Crippen LogP contribution in [-0.4, -0.2) is 34.2 Å². The predicted molar refractivity (Wildman–Crippen MR) is 103 cm³/mol. The molecule has 0 bridgehead atoms. The van der Waals surface area contributed by atoms with Crippen LogP contribution in [-0.2, 0) is 24.4 Å². The van der Waals surface area contributed by atoms with E-state index >= 15 is 0 Å². The van der Waals surface area contributed by atoms with Gasteiger partial charge in [-0.05, 0) is 36.9 Å². The molecule has 2 aromatic carbocycles. The van der Waals surface area contributed by atoms with Gasteiger partial charge in [0, 0.05) is 6.54 Å². The molecule has 144 valence electrons. The molecule has 0 spiro atoms. The first-order valence-corrected chi connectivity index (χ1v) is 8.85. The number of para-hydroxylation sites is 1. The number of nitrogens with zero attached hydrogens (tertiary/aromatic N) is 3. The average Bonchev–Trinajstić information content (AvgIpc) is 3.12. The molecular weight excluding hydrogens is 360 g/mol. The highest BCUT2D eigenvalue weighted by atomic mass is 16.7. The third kappa shape index (κ3) is 3.54. The van der Waals surface area contributed by atoms with Gasteiger partial charge in [0.1, 0.15) is 12.4 Å². The van der Waals surface area contributed by atoms with Crippen LogP contribution >= 0.6 is 0 Å². The molecule has 0 unspecified atom stereocenters. The zero-order chi connectivity index (χ0) is 19.7. The molecule has 1 aliphatic rings. The van der Waals surface area contributed by atoms with Gasteiger partial charge in [0.25, 0.3) is 5.56 Å². The van der Waals surface area contributed by atoms with Crippen LogP contribution in [0.2, 0.25) is 0 Å². The highest BCUT2D eigenvalue weighted by Gasteiger charge is 2.16. The molecule has 1 amide bonds. The molecule has 0 saturated heterocycles. The Bertz CT molecular complexity index is 1110. The summed E-state index contributed by atoms with van der Waals surface area (Å²) < 4.78 is 12.1. The lowest BCUT2D eigenvalue weighted by atomic mass is 10.2. The zero-order valence-electron chi connectivity index (χ0n) is 15.4. The van der Waals surface area contributed by atoms with Crippen LogP contribution in [0.5, 0.6) is 11.5 Å². The summed E-state index contributed by atoms with van der Waals surface area (Å²) in [6.45, 7) is 1.01. The van der Waals surface area contributed by atoms with Crippen molar-refractivity contribution in [2.45, 2.75) is 19.6 Å². The van der Waals surface area contributed by atoms with Gasteiger partial charge < -0.3 is 15.2 Å². The van der Waals surface area contributed by atoms with E-state index in [9.17, 15) is 9.59 Å². The molecule has 8 heteroatoms. The SMILES string of the molecule is CN(Cc1ccc2c(c1)OCO2)Cc1nc2ccccc2c(=O)n1CC(N)=O. The van der Waals surface area contributed by atoms with E-state index in [1.165, 1.54) is 4.57 Å². The Balaban J connectivity index is 1.62. The largest absolute Gasteiger partial charge is 0.454 e. The minimum absolute atomic E-state index is 0.204. The number of primary amides is 1. The number of hydrogen-bond acceptors (Lipinski definition) is 6. The number of nitrogens with two attached hydrogens (primary N) is 1. The second kappa shape index (κ2) is 7.32. The zero-order valence-corrected chi connectivity index (χ0v) is 15.4. The minimum Gasteiger partial charge on any atom is -0.454 e. The van der Waals surface area contributed by atoms with Gasteiger partial charge in [0.05, 0.1) is 17.4 Å². The Kier molecular flexibility index (Phi) is 4.70. The molecule has 0 atom stereocenters. The molecule has 1 aromatic heterocycles. The summed E-state index contributed by atoms with van der Waals surface area (Å²) in [4.78, 5) is 30.9. The lowest BCUT2D eigenvalue weighted by Crippen LogP contribution is -2.33. The van der Waals surface area contributed by atoms with E-state index in [1.54, 1.807) is 18.2 Å². The number of hydrogen-bond donors (Lipinski definition) is 1. The Morgan fingerprint density at radius 2 is 1.96 bits per heavy atom. The number of aromatic nitrogens is 2. The summed E-state index contributed by atoms with van der Waals surface area (Å²) in [6, 6.07) is 12.9. The molecule has 1 aliphatic heterocycles. The summed E-state index contributed by atoms with van der Waals surface area (Å²) >= 11 is 0. The van der Waals surface area contributed by atoms with Gasteiger partial charge in [-0.25, -0.2) is 4.98 Å². The normalized spacial score (nSPS) is 12.6. The molecule has 0 aliphatic carbocycles. The van der Waals surface area contributed by atoms with E-state index in [2.05, 4.69) is 4.98 Å². The fraction of sp³-hybridized carbons (Fsp3) is 0.250. The van der Waals surface area contributed by atoms with Crippen molar-refractivity contribution in [3.63, 3.8) is 0 Å². The molecule has 28 heavy (non-hydrogen) atoms. The first kappa shape index (κ1) is 18.0. The summed E-state index contributed by atoms with van der Waals surface area (Å²) in [5.41, 5.74) is 6.71. The molecular formula is C20H20N4O4. The smallest absolute Gasteiger partial charge is 0.261 e. The molecule has 2 heterocycles. The fourth-order valence-electron chi connectivity index (χ4n) is 3.30. The average molecular weight is 380 g/mol. The molecule has 0 saturated carbocycles. The van der Waals surface area contributed by atoms with Gasteiger partial charge in [-0.15, -0.1) is 0 Å². The van der Waals surface area contributed by atoms with Gasteiger partial charge in [0.2, 0.25) is 12.7 Å². The highest BCUT2D eigenvalue weighted by Crippen LogP contribution is 2.32. The minimum atomic E-state index is -0.584. The van der Waals surface area contributed by atoms with E-state index in [0.29, 0.717) is 29.8 Å². The van der Waals surface area contributed by atoms with Crippen molar-refractivity contribution in [2.24, 2.45) is 5.73 Å². The maximum Gasteiger partial charge on any atom is 0.261 e. The molecule has 3 aromatic rings. The van der Waals surface area contributed by atoms with Gasteiger partial charge in [-0.1, -0.05) is 18.2 Å². The van der Waals surface area contributed by atoms with Crippen molar-refractivity contribution < 1.29 is 14.3 Å². The van der Waals surface area contributed by atoms with Crippen molar-refractivity contribution in [2.75, 3.05) is 13.8 Å². The number of ether oxygens (including phenoxy) is 2. The van der Waals surface area contributed by atoms with Gasteiger partial charge >= 0.3 is 0 Å². The quantitative estimate of drug-likeness (QED) is 0.691.